The van der Waals surface area contributed by atoms with Crippen molar-refractivity contribution in [3.8, 4) is 16.9 Å². The van der Waals surface area contributed by atoms with Gasteiger partial charge in [0, 0.05) is 17.8 Å². The Labute approximate surface area is 189 Å². The Kier molecular flexibility index (Phi) is 6.28. The van der Waals surface area contributed by atoms with Gasteiger partial charge in [-0.05, 0) is 31.2 Å². The number of benzene rings is 2. The van der Waals surface area contributed by atoms with E-state index in [0.29, 0.717) is 11.5 Å². The Balaban J connectivity index is 1.52. The van der Waals surface area contributed by atoms with Crippen molar-refractivity contribution in [1.82, 2.24) is 14.8 Å². The molecule has 160 valence electrons. The van der Waals surface area contributed by atoms with E-state index in [9.17, 15) is 9.59 Å². The van der Waals surface area contributed by atoms with E-state index in [1.165, 1.54) is 18.3 Å². The third-order valence-electron chi connectivity index (χ3n) is 4.62. The molecule has 0 aliphatic heterocycles. The van der Waals surface area contributed by atoms with E-state index in [1.54, 1.807) is 10.7 Å². The van der Waals surface area contributed by atoms with E-state index in [4.69, 9.17) is 16.3 Å². The Morgan fingerprint density at radius 3 is 2.47 bits per heavy atom. The maximum absolute atomic E-state index is 12.5. The Morgan fingerprint density at radius 1 is 1.03 bits per heavy atom. The van der Waals surface area contributed by atoms with Crippen LogP contribution in [-0.4, -0.2) is 33.2 Å². The number of para-hydroxylation sites is 1. The molecule has 0 aliphatic carbocycles. The van der Waals surface area contributed by atoms with Gasteiger partial charge in [0.15, 0.2) is 6.61 Å². The number of ether oxygens (including phenoxy) is 1. The van der Waals surface area contributed by atoms with Crippen molar-refractivity contribution in [3.63, 3.8) is 0 Å². The van der Waals surface area contributed by atoms with Crippen LogP contribution >= 0.6 is 11.6 Å². The molecule has 2 aromatic heterocycles. The van der Waals surface area contributed by atoms with Crippen LogP contribution < -0.4 is 5.32 Å². The number of halogens is 1. The molecular weight excluding hydrogens is 428 g/mol. The second kappa shape index (κ2) is 9.45. The smallest absolute Gasteiger partial charge is 0.340 e. The van der Waals surface area contributed by atoms with Crippen LogP contribution in [0.5, 0.6) is 0 Å². The molecule has 0 bridgehead atoms. The summed E-state index contributed by atoms with van der Waals surface area (Å²) in [6.45, 7) is 1.56. The van der Waals surface area contributed by atoms with Gasteiger partial charge < -0.3 is 10.1 Å². The average molecular weight is 447 g/mol. The monoisotopic (exact) mass is 446 g/mol. The molecule has 0 spiro atoms. The summed E-state index contributed by atoms with van der Waals surface area (Å²) in [5.74, 6) is -0.699. The van der Waals surface area contributed by atoms with Gasteiger partial charge in [0.1, 0.15) is 11.0 Å². The number of hydrogen-bond donors (Lipinski definition) is 1. The van der Waals surface area contributed by atoms with Crippen LogP contribution in [-0.2, 0) is 9.53 Å². The molecule has 2 heterocycles. The summed E-state index contributed by atoms with van der Waals surface area (Å²) in [7, 11) is 0. The molecule has 7 nitrogen and oxygen atoms in total. The van der Waals surface area contributed by atoms with Crippen LogP contribution in [0.1, 0.15) is 15.9 Å². The van der Waals surface area contributed by atoms with E-state index in [0.717, 1.165) is 16.8 Å². The number of carbonyl (C=O) groups is 2. The molecule has 0 aliphatic rings. The number of hydrogen-bond acceptors (Lipinski definition) is 5. The van der Waals surface area contributed by atoms with E-state index < -0.39 is 18.5 Å². The lowest BCUT2D eigenvalue weighted by atomic mass is 10.1. The molecule has 2 aromatic carbocycles. The van der Waals surface area contributed by atoms with Gasteiger partial charge in [0.2, 0.25) is 0 Å². The fourth-order valence-electron chi connectivity index (χ4n) is 2.99. The van der Waals surface area contributed by atoms with Crippen molar-refractivity contribution in [2.45, 2.75) is 6.92 Å². The lowest BCUT2D eigenvalue weighted by molar-refractivity contribution is -0.119. The third kappa shape index (κ3) is 5.01. The van der Waals surface area contributed by atoms with Crippen molar-refractivity contribution >= 4 is 29.3 Å². The summed E-state index contributed by atoms with van der Waals surface area (Å²) in [5.41, 5.74) is 3.75. The molecule has 4 rings (SSSR count). The van der Waals surface area contributed by atoms with Crippen molar-refractivity contribution in [3.05, 3.63) is 95.3 Å². The number of carbonyl (C=O) groups excluding carboxylic acids is 2. The van der Waals surface area contributed by atoms with Crippen LogP contribution in [0, 0.1) is 6.92 Å². The quantitative estimate of drug-likeness (QED) is 0.343. The maximum atomic E-state index is 12.5. The first-order valence-corrected chi connectivity index (χ1v) is 10.2. The lowest BCUT2D eigenvalue weighted by Gasteiger charge is -2.09. The molecule has 1 N–H and O–H groups in total. The van der Waals surface area contributed by atoms with Crippen LogP contribution in [0.3, 0.4) is 0 Å². The highest BCUT2D eigenvalue weighted by Gasteiger charge is 2.16. The predicted molar refractivity (Wildman–Crippen MR) is 122 cm³/mol. The summed E-state index contributed by atoms with van der Waals surface area (Å²) in [6.07, 6.45) is 1.29. The normalized spacial score (nSPS) is 10.6. The van der Waals surface area contributed by atoms with E-state index in [1.807, 2.05) is 61.5 Å². The minimum absolute atomic E-state index is 0.207. The van der Waals surface area contributed by atoms with Gasteiger partial charge in [-0.1, -0.05) is 59.6 Å². The zero-order valence-electron chi connectivity index (χ0n) is 17.2. The van der Waals surface area contributed by atoms with Crippen LogP contribution in [0.25, 0.3) is 16.9 Å². The van der Waals surface area contributed by atoms with Crippen molar-refractivity contribution in [2.24, 2.45) is 0 Å². The second-order valence-corrected chi connectivity index (χ2v) is 7.41. The highest BCUT2D eigenvalue weighted by Crippen LogP contribution is 2.25. The standard InChI is InChI=1S/C24H19ClN4O3/c1-16-7-9-17(10-8-16)20-13-22(29(28-20)19-5-3-2-4-6-19)27-23(30)15-32-24(31)18-11-12-21(25)26-14-18/h2-14H,15H2,1H3,(H,27,30). The van der Waals surface area contributed by atoms with Gasteiger partial charge in [0.25, 0.3) is 5.91 Å². The van der Waals surface area contributed by atoms with Gasteiger partial charge in [-0.3, -0.25) is 4.79 Å². The molecule has 4 aromatic rings. The van der Waals surface area contributed by atoms with Gasteiger partial charge in [0.05, 0.1) is 16.9 Å². The van der Waals surface area contributed by atoms with Crippen LogP contribution in [0.4, 0.5) is 5.82 Å². The predicted octanol–water partition coefficient (Wildman–Crippen LogP) is 4.69. The minimum Gasteiger partial charge on any atom is -0.452 e. The number of amides is 1. The average Bonchev–Trinajstić information content (AvgIpc) is 3.22. The number of esters is 1. The zero-order valence-corrected chi connectivity index (χ0v) is 17.9. The summed E-state index contributed by atoms with van der Waals surface area (Å²) in [5, 5.41) is 7.69. The molecule has 0 saturated carbocycles. The SMILES string of the molecule is Cc1ccc(-c2cc(NC(=O)COC(=O)c3ccc(Cl)nc3)n(-c3ccccc3)n2)cc1. The molecule has 0 fully saturated rings. The molecule has 0 unspecified atom stereocenters. The maximum Gasteiger partial charge on any atom is 0.340 e. The highest BCUT2D eigenvalue weighted by molar-refractivity contribution is 6.29. The highest BCUT2D eigenvalue weighted by atomic mass is 35.5. The largest absolute Gasteiger partial charge is 0.452 e. The molecule has 0 radical (unpaired) electrons. The van der Waals surface area contributed by atoms with Crippen molar-refractivity contribution in [1.29, 1.82) is 0 Å². The topological polar surface area (TPSA) is 86.1 Å². The van der Waals surface area contributed by atoms with Crippen LogP contribution in [0.15, 0.2) is 79.0 Å². The van der Waals surface area contributed by atoms with Gasteiger partial charge in [-0.25, -0.2) is 14.5 Å². The van der Waals surface area contributed by atoms with Gasteiger partial charge in [-0.2, -0.15) is 5.10 Å². The van der Waals surface area contributed by atoms with Crippen LogP contribution in [0.2, 0.25) is 5.15 Å². The number of aromatic nitrogens is 3. The second-order valence-electron chi connectivity index (χ2n) is 7.02. The zero-order chi connectivity index (χ0) is 22.5. The fraction of sp³-hybridized carbons (Fsp3) is 0.0833. The lowest BCUT2D eigenvalue weighted by Crippen LogP contribution is -2.22. The molecule has 1 amide bonds. The number of pyridine rings is 1. The number of nitrogens with one attached hydrogen (secondary N) is 1. The first-order chi connectivity index (χ1) is 15.5. The first-order valence-electron chi connectivity index (χ1n) is 9.80. The van der Waals surface area contributed by atoms with Crippen molar-refractivity contribution in [2.75, 3.05) is 11.9 Å². The number of rotatable bonds is 6. The van der Waals surface area contributed by atoms with Gasteiger partial charge >= 0.3 is 5.97 Å². The molecule has 8 heteroatoms. The molecule has 0 saturated heterocycles. The minimum atomic E-state index is -0.666. The number of anilines is 1. The Bertz CT molecular complexity index is 1240. The molecule has 32 heavy (non-hydrogen) atoms. The van der Waals surface area contributed by atoms with E-state index in [2.05, 4.69) is 15.4 Å². The van der Waals surface area contributed by atoms with Gasteiger partial charge in [-0.15, -0.1) is 0 Å². The Morgan fingerprint density at radius 2 is 1.78 bits per heavy atom. The molecular formula is C24H19ClN4O3. The Hall–Kier alpha value is -3.97. The first kappa shape index (κ1) is 21.3. The van der Waals surface area contributed by atoms with E-state index >= 15 is 0 Å². The summed E-state index contributed by atoms with van der Waals surface area (Å²) < 4.78 is 6.73. The number of aryl methyl sites for hydroxylation is 1. The van der Waals surface area contributed by atoms with E-state index in [-0.39, 0.29) is 10.7 Å². The summed E-state index contributed by atoms with van der Waals surface area (Å²) >= 11 is 5.72. The third-order valence-corrected chi connectivity index (χ3v) is 4.85. The summed E-state index contributed by atoms with van der Waals surface area (Å²) in [6, 6.07) is 22.1. The fourth-order valence-corrected chi connectivity index (χ4v) is 3.10. The molecule has 0 atom stereocenters. The number of nitrogens with zero attached hydrogens (tertiary/aromatic N) is 3. The summed E-state index contributed by atoms with van der Waals surface area (Å²) in [4.78, 5) is 28.5. The van der Waals surface area contributed by atoms with Crippen molar-refractivity contribution < 1.29 is 14.3 Å².